The molecule has 0 rings (SSSR count). The van der Waals surface area contributed by atoms with Crippen LogP contribution in [0.25, 0.3) is 0 Å². The topological polar surface area (TPSA) is 221 Å². The van der Waals surface area contributed by atoms with E-state index >= 15 is 0 Å². The number of halogens is 1. The number of rotatable bonds is 9. The minimum atomic E-state index is -1.06. The van der Waals surface area contributed by atoms with Gasteiger partial charge in [-0.05, 0) is 0 Å². The van der Waals surface area contributed by atoms with Gasteiger partial charge >= 0.3 is 199 Å². The van der Waals surface area contributed by atoms with E-state index in [9.17, 15) is 14.4 Å². The molecule has 0 aliphatic carbocycles. The van der Waals surface area contributed by atoms with Crippen LogP contribution >= 0.6 is 11.6 Å². The zero-order valence-electron chi connectivity index (χ0n) is 16.7. The Kier molecular flexibility index (Phi) is 66.4. The first-order valence-electron chi connectivity index (χ1n) is 6.55. The fourth-order valence-electron chi connectivity index (χ4n) is 0.451. The van der Waals surface area contributed by atoms with Gasteiger partial charge in [-0.2, -0.15) is 0 Å². The van der Waals surface area contributed by atoms with E-state index in [-0.39, 0.29) is 77.0 Å². The molecule has 0 amide bonds. The second kappa shape index (κ2) is 38.0. The second-order valence-corrected chi connectivity index (χ2v) is 11.4. The maximum atomic E-state index is 10.3. The molecule has 11 N–H and O–H groups in total. The summed E-state index contributed by atoms with van der Waals surface area (Å²) in [6.07, 6.45) is 0. The molecule has 151 valence electrons. The van der Waals surface area contributed by atoms with Crippen molar-refractivity contribution in [1.82, 2.24) is 0 Å². The van der Waals surface area contributed by atoms with Crippen LogP contribution in [0.2, 0.25) is 10.6 Å². The molecule has 0 aromatic heterocycles. The predicted molar refractivity (Wildman–Crippen MR) is 112 cm³/mol. The van der Waals surface area contributed by atoms with Crippen molar-refractivity contribution in [3.63, 3.8) is 0 Å². The molecule has 0 aliphatic rings. The average molecular weight is 714 g/mol. The first-order chi connectivity index (χ1) is 11.6. The van der Waals surface area contributed by atoms with Gasteiger partial charge in [-0.25, -0.2) is 0 Å². The van der Waals surface area contributed by atoms with Gasteiger partial charge in [0.1, 0.15) is 6.04 Å². The van der Waals surface area contributed by atoms with E-state index in [2.05, 4.69) is 27.3 Å². The Bertz CT molecular complexity index is 374. The molecule has 0 heterocycles. The Labute approximate surface area is 248 Å². The van der Waals surface area contributed by atoms with Crippen LogP contribution in [-0.2, 0) is 14.4 Å². The van der Waals surface area contributed by atoms with Crippen LogP contribution in [0.3, 0.4) is 0 Å². The van der Waals surface area contributed by atoms with Crippen molar-refractivity contribution in [2.75, 3.05) is 5.88 Å². The summed E-state index contributed by atoms with van der Waals surface area (Å²) in [6.45, 7) is 0. The molecule has 3 radical (unpaired) electrons. The van der Waals surface area contributed by atoms with Crippen LogP contribution in [0.1, 0.15) is 1.43 Å². The number of carbonyl (C=O) groups is 3. The average Bonchev–Trinajstić information content (AvgIpc) is 2.61. The van der Waals surface area contributed by atoms with Crippen LogP contribution in [0.5, 0.6) is 0 Å². The van der Waals surface area contributed by atoms with Crippen molar-refractivity contribution in [1.29, 1.82) is 0 Å². The summed E-state index contributed by atoms with van der Waals surface area (Å²) in [7, 11) is 0. The number of nitrogens with two attached hydrogens (primary N) is 3. The van der Waals surface area contributed by atoms with Gasteiger partial charge in [-0.1, -0.05) is 0 Å². The van der Waals surface area contributed by atoms with Gasteiger partial charge in [0.25, 0.3) is 0 Å². The Morgan fingerprint density at radius 1 is 0.893 bits per heavy atom. The molecule has 3 unspecified atom stereocenters. The van der Waals surface area contributed by atoms with Crippen LogP contribution in [0.15, 0.2) is 0 Å². The third-order valence-electron chi connectivity index (χ3n) is 1.70. The van der Waals surface area contributed by atoms with E-state index in [1.165, 1.54) is 43.6 Å². The zero-order valence-corrected chi connectivity index (χ0v) is 29.3. The molecule has 10 nitrogen and oxygen atoms in total. The molecular formula is C9H21BClN3Na3O7Se4. The number of carboxylic acids is 3. The standard InChI is InChI=1S/C6H12N2O4Se2.C3H6ClNO2.B.3Na.H2O.Se2.H/c7-3(5(9)10)1-13-14-2-4(8)6(11)12;4-1-2(5)3(6)7;;;;;;1-2;/h3-4H,1-2,7-8H2,(H,9,10)(H,11,12);2H,1,5H2,(H,6,7);;;;;1H2;;/q;;;;;+1;;;-1. The molecule has 0 bridgehead atoms. The fraction of sp³-hybridized carbons (Fsp3) is 0.667. The van der Waals surface area contributed by atoms with Crippen LogP contribution in [0, 0.1) is 0 Å². The maximum absolute atomic E-state index is 10.3. The van der Waals surface area contributed by atoms with Gasteiger partial charge in [0.15, 0.2) is 0 Å². The molecule has 0 saturated heterocycles. The van der Waals surface area contributed by atoms with Crippen molar-refractivity contribution >= 4 is 135 Å². The number of carboxylic acid groups (broad SMARTS) is 3. The Hall–Kier alpha value is 3.68. The van der Waals surface area contributed by atoms with Crippen molar-refractivity contribution in [2.24, 2.45) is 17.2 Å². The quantitative estimate of drug-likeness (QED) is 0.0758. The summed E-state index contributed by atoms with van der Waals surface area (Å²) in [5, 5.41) is 25.8. The molecule has 0 fully saturated rings. The first kappa shape index (κ1) is 49.0. The van der Waals surface area contributed by atoms with E-state index in [1.54, 1.807) is 0 Å². The molecule has 0 aromatic carbocycles. The normalized spacial score (nSPS) is 11.1. The minimum absolute atomic E-state index is 0. The number of aliphatic carboxylic acids is 3. The summed E-state index contributed by atoms with van der Waals surface area (Å²) < 4.78 is 0. The SMILES string of the molecule is NC(CCl)C(=O)O.NC(C[Se][Se]CC(N)C(=O)O)C(=O)O.O.[B].[H-].[Na+].[Na][Na].[Se]=[Se]. The summed E-state index contributed by atoms with van der Waals surface area (Å²) in [6, 6.07) is -2.56. The molecule has 3 atom stereocenters. The summed E-state index contributed by atoms with van der Waals surface area (Å²) in [4.78, 5) is 30.3. The molecule has 0 aliphatic heterocycles. The first-order valence-corrected chi connectivity index (χ1v) is 26.2. The molecule has 19 heteroatoms. The Morgan fingerprint density at radius 2 is 1.11 bits per heavy atom. The van der Waals surface area contributed by atoms with Gasteiger partial charge in [-0.15, -0.1) is 11.6 Å². The van der Waals surface area contributed by atoms with Crippen LogP contribution < -0.4 is 46.8 Å². The van der Waals surface area contributed by atoms with E-state index in [0.29, 0.717) is 10.6 Å². The van der Waals surface area contributed by atoms with Crippen molar-refractivity contribution in [3.05, 3.63) is 0 Å². The van der Waals surface area contributed by atoms with Gasteiger partial charge in [0.2, 0.25) is 0 Å². The summed E-state index contributed by atoms with van der Waals surface area (Å²) in [5.74, 6) is -3.11. The van der Waals surface area contributed by atoms with Gasteiger partial charge in [0.05, 0.1) is 0 Å². The van der Waals surface area contributed by atoms with E-state index in [1.807, 2.05) is 0 Å². The zero-order chi connectivity index (χ0) is 21.0. The molecule has 0 aromatic rings. The van der Waals surface area contributed by atoms with Crippen LogP contribution in [-0.4, -0.2) is 168 Å². The van der Waals surface area contributed by atoms with E-state index < -0.39 is 36.0 Å². The third-order valence-corrected chi connectivity index (χ3v) is 9.24. The third kappa shape index (κ3) is 40.1. The molecule has 0 saturated carbocycles. The van der Waals surface area contributed by atoms with E-state index in [4.69, 9.17) is 44.1 Å². The molecular weight excluding hydrogens is 693 g/mol. The summed E-state index contributed by atoms with van der Waals surface area (Å²) in [5.41, 5.74) is 15.4. The van der Waals surface area contributed by atoms with Gasteiger partial charge < -0.3 is 17.7 Å². The number of alkyl halides is 1. The Balaban J connectivity index is -0.0000000425. The van der Waals surface area contributed by atoms with Gasteiger partial charge in [0, 0.05) is 14.3 Å². The van der Waals surface area contributed by atoms with E-state index in [0.717, 1.165) is 0 Å². The number of hydrogen-bond donors (Lipinski definition) is 6. The van der Waals surface area contributed by atoms with Crippen molar-refractivity contribution in [2.45, 2.75) is 28.8 Å². The summed E-state index contributed by atoms with van der Waals surface area (Å²) >= 11 is 13.1. The predicted octanol–water partition coefficient (Wildman–Crippen LogP) is -8.00. The monoisotopic (exact) mass is 718 g/mol. The van der Waals surface area contributed by atoms with Crippen LogP contribution in [0.4, 0.5) is 0 Å². The molecule has 28 heavy (non-hydrogen) atoms. The fourth-order valence-corrected chi connectivity index (χ4v) is 7.50. The molecule has 0 spiro atoms. The van der Waals surface area contributed by atoms with Crippen molar-refractivity contribution in [3.8, 4) is 0 Å². The van der Waals surface area contributed by atoms with Crippen molar-refractivity contribution < 1.29 is 66.2 Å². The van der Waals surface area contributed by atoms with Gasteiger partial charge in [-0.3, -0.25) is 4.79 Å². The number of hydrogen-bond acceptors (Lipinski definition) is 6. The Morgan fingerprint density at radius 3 is 1.21 bits per heavy atom. The second-order valence-electron chi connectivity index (χ2n) is 3.56.